The summed E-state index contributed by atoms with van der Waals surface area (Å²) in [6.07, 6.45) is 5.51. The summed E-state index contributed by atoms with van der Waals surface area (Å²) >= 11 is 3.20. The molecule has 1 saturated heterocycles. The zero-order chi connectivity index (χ0) is 28.3. The summed E-state index contributed by atoms with van der Waals surface area (Å²) in [5.74, 6) is 14.5. The molecule has 40 heavy (non-hydrogen) atoms. The van der Waals surface area contributed by atoms with Gasteiger partial charge in [-0.2, -0.15) is 11.8 Å². The molecular weight excluding hydrogens is 552 g/mol. The van der Waals surface area contributed by atoms with Crippen molar-refractivity contribution < 1.29 is 23.4 Å². The van der Waals surface area contributed by atoms with E-state index in [1.807, 2.05) is 0 Å². The number of hydrogen-bond acceptors (Lipinski definition) is 7. The van der Waals surface area contributed by atoms with Crippen LogP contribution in [-0.2, 0) is 4.74 Å². The van der Waals surface area contributed by atoms with Crippen LogP contribution in [0.15, 0.2) is 47.3 Å². The number of aliphatic hydroxyl groups is 1. The van der Waals surface area contributed by atoms with Crippen molar-refractivity contribution in [3.63, 3.8) is 0 Å². The zero-order valence-electron chi connectivity index (χ0n) is 22.3. The third kappa shape index (κ3) is 6.80. The smallest absolute Gasteiger partial charge is 0.262 e. The van der Waals surface area contributed by atoms with E-state index in [9.17, 15) is 18.7 Å². The molecule has 1 aromatic carbocycles. The summed E-state index contributed by atoms with van der Waals surface area (Å²) in [5.41, 5.74) is 0.186. The van der Waals surface area contributed by atoms with Gasteiger partial charge < -0.3 is 25.4 Å². The van der Waals surface area contributed by atoms with E-state index in [0.717, 1.165) is 29.3 Å². The Bertz CT molecular complexity index is 1380. The minimum absolute atomic E-state index is 0.296. The average Bonchev–Trinajstić information content (AvgIpc) is 3.67. The second-order valence-electron chi connectivity index (χ2n) is 10.1. The van der Waals surface area contributed by atoms with Crippen LogP contribution in [0.25, 0.3) is 5.57 Å². The van der Waals surface area contributed by atoms with E-state index in [-0.39, 0.29) is 5.91 Å². The molecule has 210 valence electrons. The van der Waals surface area contributed by atoms with Crippen LogP contribution < -0.4 is 10.6 Å². The molecule has 1 amide bonds. The van der Waals surface area contributed by atoms with Crippen LogP contribution in [0.3, 0.4) is 0 Å². The zero-order valence-corrected chi connectivity index (χ0v) is 23.9. The molecular formula is C30H31F2N3O3S2. The molecule has 6 nitrogen and oxygen atoms in total. The number of ether oxygens (including phenoxy) is 1. The average molecular weight is 584 g/mol. The van der Waals surface area contributed by atoms with Crippen LogP contribution in [0.1, 0.15) is 47.2 Å². The lowest BCUT2D eigenvalue weighted by Gasteiger charge is -2.30. The predicted octanol–water partition coefficient (Wildman–Crippen LogP) is 4.35. The summed E-state index contributed by atoms with van der Waals surface area (Å²) in [4.78, 5) is 15.8. The van der Waals surface area contributed by atoms with E-state index in [1.54, 1.807) is 43.2 Å². The number of methoxy groups -OCH3 is 1. The molecule has 5 rings (SSSR count). The Balaban J connectivity index is 1.45. The van der Waals surface area contributed by atoms with Crippen LogP contribution in [0.4, 0.5) is 8.78 Å². The number of halogens is 2. The minimum atomic E-state index is -2.64. The Morgan fingerprint density at radius 3 is 2.75 bits per heavy atom. The summed E-state index contributed by atoms with van der Waals surface area (Å²) in [5, 5.41) is 16.9. The molecule has 1 aliphatic carbocycles. The van der Waals surface area contributed by atoms with Gasteiger partial charge in [0.1, 0.15) is 17.4 Å². The number of likely N-dealkylation sites (N-methyl/N-ethyl adjacent to an activating group) is 1. The second-order valence-corrected chi connectivity index (χ2v) is 12.5. The molecule has 3 heterocycles. The Kier molecular flexibility index (Phi) is 8.70. The molecule has 2 unspecified atom stereocenters. The molecule has 0 aromatic heterocycles. The number of allylic oxidation sites excluding steroid dienone is 2. The fraction of sp³-hybridized carbons (Fsp3) is 0.433. The van der Waals surface area contributed by atoms with E-state index in [2.05, 4.69) is 34.3 Å². The van der Waals surface area contributed by atoms with E-state index < -0.39 is 23.6 Å². The monoisotopic (exact) mass is 583 g/mol. The fourth-order valence-electron chi connectivity index (χ4n) is 4.49. The Hall–Kier alpha value is -3.05. The largest absolute Gasteiger partial charge is 0.495 e. The molecule has 2 fully saturated rings. The van der Waals surface area contributed by atoms with E-state index >= 15 is 0 Å². The van der Waals surface area contributed by atoms with Gasteiger partial charge in [0.25, 0.3) is 12.3 Å². The van der Waals surface area contributed by atoms with Crippen molar-refractivity contribution in [3.8, 4) is 23.7 Å². The van der Waals surface area contributed by atoms with Crippen molar-refractivity contribution in [3.05, 3.63) is 64.0 Å². The van der Waals surface area contributed by atoms with Crippen molar-refractivity contribution in [1.82, 2.24) is 15.5 Å². The maximum Gasteiger partial charge on any atom is 0.262 e. The number of carbonyl (C=O) groups excluding carboxylic acids is 1. The maximum absolute atomic E-state index is 13.9. The van der Waals surface area contributed by atoms with Crippen molar-refractivity contribution in [1.29, 1.82) is 0 Å². The molecule has 1 aromatic rings. The molecule has 4 aliphatic rings. The molecule has 3 N–H and O–H groups in total. The Morgan fingerprint density at radius 1 is 1.27 bits per heavy atom. The van der Waals surface area contributed by atoms with Gasteiger partial charge >= 0.3 is 0 Å². The number of nitrogens with zero attached hydrogens (tertiary/aromatic N) is 1. The lowest BCUT2D eigenvalue weighted by molar-refractivity contribution is 0.0780. The predicted molar refractivity (Wildman–Crippen MR) is 156 cm³/mol. The Labute approximate surface area is 242 Å². The summed E-state index contributed by atoms with van der Waals surface area (Å²) in [6, 6.07) is 3.86. The van der Waals surface area contributed by atoms with E-state index in [4.69, 9.17) is 4.74 Å². The van der Waals surface area contributed by atoms with Gasteiger partial charge in [-0.05, 0) is 67.0 Å². The molecule has 0 radical (unpaired) electrons. The van der Waals surface area contributed by atoms with Gasteiger partial charge in [0.05, 0.1) is 12.0 Å². The first-order chi connectivity index (χ1) is 19.2. The van der Waals surface area contributed by atoms with Gasteiger partial charge in [-0.25, -0.2) is 8.78 Å². The topological polar surface area (TPSA) is 73.8 Å². The number of hydrogen-bond donors (Lipinski definition) is 3. The molecule has 1 saturated carbocycles. The van der Waals surface area contributed by atoms with Crippen LogP contribution in [0.5, 0.6) is 0 Å². The first kappa shape index (κ1) is 28.5. The van der Waals surface area contributed by atoms with E-state index in [0.29, 0.717) is 46.8 Å². The minimum Gasteiger partial charge on any atom is -0.495 e. The van der Waals surface area contributed by atoms with Gasteiger partial charge in [-0.1, -0.05) is 35.4 Å². The highest BCUT2D eigenvalue weighted by atomic mass is 32.2. The van der Waals surface area contributed by atoms with E-state index in [1.165, 1.54) is 36.0 Å². The molecule has 0 spiro atoms. The number of carbonyl (C=O) groups is 1. The second kappa shape index (κ2) is 12.2. The van der Waals surface area contributed by atoms with Crippen LogP contribution in [0, 0.1) is 29.6 Å². The maximum atomic E-state index is 13.9. The highest BCUT2D eigenvalue weighted by Gasteiger charge is 2.31. The number of alkyl halides is 2. The first-order valence-electron chi connectivity index (χ1n) is 13.2. The summed E-state index contributed by atoms with van der Waals surface area (Å²) in [7, 11) is 3.02. The Morgan fingerprint density at radius 2 is 2.05 bits per heavy atom. The van der Waals surface area contributed by atoms with Gasteiger partial charge in [-0.15, -0.1) is 0 Å². The van der Waals surface area contributed by atoms with Gasteiger partial charge in [0.2, 0.25) is 0 Å². The summed E-state index contributed by atoms with van der Waals surface area (Å²) < 4.78 is 33.4. The molecule has 10 heteroatoms. The van der Waals surface area contributed by atoms with Gasteiger partial charge in [0, 0.05) is 42.1 Å². The number of benzene rings is 1. The third-order valence-corrected chi connectivity index (χ3v) is 8.98. The van der Waals surface area contributed by atoms with Crippen LogP contribution >= 0.6 is 23.5 Å². The quantitative estimate of drug-likeness (QED) is 0.445. The molecule has 3 aliphatic heterocycles. The summed E-state index contributed by atoms with van der Waals surface area (Å²) in [6.45, 7) is 0. The molecule has 2 atom stereocenters. The third-order valence-electron chi connectivity index (χ3n) is 7.04. The van der Waals surface area contributed by atoms with Crippen molar-refractivity contribution in [2.75, 3.05) is 25.7 Å². The highest BCUT2D eigenvalue weighted by Crippen LogP contribution is 2.34. The SMILES string of the molecule is COC1=CN(C)C(C(F)F)C=C1c1cc(C#CC2(O)CCSCC2)ccc1C(=O)NC1NC=C(C#CC2CC2)S1. The number of amides is 1. The first-order valence-corrected chi connectivity index (χ1v) is 15.2. The molecule has 0 bridgehead atoms. The standard InChI is InChI=1S/C30H31F2N3O3S2/c1-35-18-26(38-2)24(16-25(35)27(31)32)23-15-20(9-10-30(37)11-13-39-14-12-30)6-8-22(23)28(36)34-29-33-17-21(40-29)7-5-19-3-4-19/h6,8,15-19,25,27,29,33,37H,3-4,11-14H2,1-2H3,(H,34,36). The van der Waals surface area contributed by atoms with Gasteiger partial charge in [-0.3, -0.25) is 4.79 Å². The van der Waals surface area contributed by atoms with Gasteiger partial charge in [0.15, 0.2) is 5.50 Å². The lowest BCUT2D eigenvalue weighted by Crippen LogP contribution is -2.39. The van der Waals surface area contributed by atoms with Crippen LogP contribution in [0.2, 0.25) is 0 Å². The van der Waals surface area contributed by atoms with Crippen molar-refractivity contribution >= 4 is 35.0 Å². The number of thioether (sulfide) groups is 2. The lowest BCUT2D eigenvalue weighted by atomic mass is 9.91. The van der Waals surface area contributed by atoms with Crippen molar-refractivity contribution in [2.45, 2.75) is 49.2 Å². The van der Waals surface area contributed by atoms with Crippen LogP contribution in [-0.4, -0.2) is 65.1 Å². The number of nitrogens with one attached hydrogen (secondary N) is 2. The fourth-order valence-corrected chi connectivity index (χ4v) is 6.47. The van der Waals surface area contributed by atoms with Crippen molar-refractivity contribution in [2.24, 2.45) is 5.92 Å². The normalized spacial score (nSPS) is 23.4. The number of rotatable bonds is 5. The highest BCUT2D eigenvalue weighted by molar-refractivity contribution is 8.04.